The number of pyridine rings is 1. The van der Waals surface area contributed by atoms with Gasteiger partial charge in [0.05, 0.1) is 11.5 Å². The van der Waals surface area contributed by atoms with Crippen molar-refractivity contribution in [3.05, 3.63) is 78.5 Å². The fourth-order valence-electron chi connectivity index (χ4n) is 2.69. The second-order valence-corrected chi connectivity index (χ2v) is 8.29. The molecule has 7 nitrogen and oxygen atoms in total. The largest absolute Gasteiger partial charge is 0.493 e. The first kappa shape index (κ1) is 21.3. The molecule has 3 aromatic rings. The Hall–Kier alpha value is -3.39. The summed E-state index contributed by atoms with van der Waals surface area (Å²) in [7, 11) is -3.75. The van der Waals surface area contributed by atoms with Crippen molar-refractivity contribution in [2.75, 3.05) is 16.6 Å². The number of benzene rings is 2. The standard InChI is InChI=1S/C22H23N3O4S/c1-17-7-2-3-8-20(17)29-16-6-10-22(26)24-18-11-13-19(14-12-18)30(27,28)25-21-9-4-5-15-23-21/h2-5,7-9,11-15H,6,10,16H2,1H3,(H,23,25)(H,24,26). The molecule has 0 fully saturated rings. The second-order valence-electron chi connectivity index (χ2n) is 6.61. The van der Waals surface area contributed by atoms with E-state index in [0.717, 1.165) is 11.3 Å². The van der Waals surface area contributed by atoms with Gasteiger partial charge in [-0.15, -0.1) is 0 Å². The van der Waals surface area contributed by atoms with Crippen molar-refractivity contribution < 1.29 is 17.9 Å². The van der Waals surface area contributed by atoms with E-state index in [2.05, 4.69) is 15.0 Å². The van der Waals surface area contributed by atoms with E-state index in [1.165, 1.54) is 18.3 Å². The summed E-state index contributed by atoms with van der Waals surface area (Å²) in [5.41, 5.74) is 1.58. The van der Waals surface area contributed by atoms with Gasteiger partial charge < -0.3 is 10.1 Å². The van der Waals surface area contributed by atoms with Crippen LogP contribution in [0.1, 0.15) is 18.4 Å². The molecule has 1 heterocycles. The highest BCUT2D eigenvalue weighted by Crippen LogP contribution is 2.18. The van der Waals surface area contributed by atoms with Gasteiger partial charge in [0.1, 0.15) is 11.6 Å². The molecule has 1 amide bonds. The van der Waals surface area contributed by atoms with Crippen LogP contribution in [0.25, 0.3) is 0 Å². The van der Waals surface area contributed by atoms with E-state index >= 15 is 0 Å². The van der Waals surface area contributed by atoms with E-state index in [1.807, 2.05) is 31.2 Å². The van der Waals surface area contributed by atoms with Gasteiger partial charge in [-0.25, -0.2) is 13.4 Å². The van der Waals surface area contributed by atoms with E-state index < -0.39 is 10.0 Å². The van der Waals surface area contributed by atoms with Crippen LogP contribution >= 0.6 is 0 Å². The predicted octanol–water partition coefficient (Wildman–Crippen LogP) is 3.99. The van der Waals surface area contributed by atoms with Gasteiger partial charge in [0.15, 0.2) is 0 Å². The number of nitrogens with one attached hydrogen (secondary N) is 2. The number of sulfonamides is 1. The van der Waals surface area contributed by atoms with E-state index in [9.17, 15) is 13.2 Å². The number of aromatic nitrogens is 1. The number of rotatable bonds is 9. The van der Waals surface area contributed by atoms with E-state index in [0.29, 0.717) is 25.1 Å². The fraction of sp³-hybridized carbons (Fsp3) is 0.182. The van der Waals surface area contributed by atoms with E-state index in [1.54, 1.807) is 30.3 Å². The second kappa shape index (κ2) is 9.89. The molecule has 156 valence electrons. The molecule has 3 rings (SSSR count). The van der Waals surface area contributed by atoms with Gasteiger partial charge in [-0.3, -0.25) is 9.52 Å². The van der Waals surface area contributed by atoms with Crippen LogP contribution in [0, 0.1) is 6.92 Å². The summed E-state index contributed by atoms with van der Waals surface area (Å²) in [5, 5.41) is 2.76. The Bertz CT molecular complexity index is 1080. The number of amides is 1. The Morgan fingerprint density at radius 3 is 2.43 bits per heavy atom. The van der Waals surface area contributed by atoms with Crippen LogP contribution in [0.2, 0.25) is 0 Å². The molecule has 0 aliphatic rings. The molecule has 8 heteroatoms. The highest BCUT2D eigenvalue weighted by Gasteiger charge is 2.14. The third kappa shape index (κ3) is 6.05. The van der Waals surface area contributed by atoms with Crippen LogP contribution in [-0.4, -0.2) is 25.9 Å². The van der Waals surface area contributed by atoms with Gasteiger partial charge in [0.25, 0.3) is 10.0 Å². The number of carbonyl (C=O) groups excluding carboxylic acids is 1. The van der Waals surface area contributed by atoms with Crippen molar-refractivity contribution in [1.82, 2.24) is 4.98 Å². The van der Waals surface area contributed by atoms with E-state index in [-0.39, 0.29) is 16.6 Å². The monoisotopic (exact) mass is 425 g/mol. The fourth-order valence-corrected chi connectivity index (χ4v) is 3.70. The van der Waals surface area contributed by atoms with Crippen LogP contribution in [0.5, 0.6) is 5.75 Å². The molecule has 0 atom stereocenters. The zero-order chi connectivity index (χ0) is 21.4. The summed E-state index contributed by atoms with van der Waals surface area (Å²) in [5.74, 6) is 0.891. The van der Waals surface area contributed by atoms with Gasteiger partial charge in [-0.2, -0.15) is 0 Å². The van der Waals surface area contributed by atoms with Crippen molar-refractivity contribution >= 4 is 27.4 Å². The number of hydrogen-bond donors (Lipinski definition) is 2. The lowest BCUT2D eigenvalue weighted by Crippen LogP contribution is -2.15. The topological polar surface area (TPSA) is 97.4 Å². The highest BCUT2D eigenvalue weighted by molar-refractivity contribution is 7.92. The maximum absolute atomic E-state index is 12.4. The SMILES string of the molecule is Cc1ccccc1OCCCC(=O)Nc1ccc(S(=O)(=O)Nc2ccccn2)cc1. The molecule has 0 aliphatic carbocycles. The number of carbonyl (C=O) groups is 1. The molecule has 0 aliphatic heterocycles. The number of para-hydroxylation sites is 1. The molecule has 0 bridgehead atoms. The Labute approximate surface area is 176 Å². The smallest absolute Gasteiger partial charge is 0.263 e. The average Bonchev–Trinajstić information content (AvgIpc) is 2.73. The molecule has 2 aromatic carbocycles. The first-order chi connectivity index (χ1) is 14.4. The maximum Gasteiger partial charge on any atom is 0.263 e. The Morgan fingerprint density at radius 1 is 1.00 bits per heavy atom. The van der Waals surface area contributed by atoms with Crippen molar-refractivity contribution in [3.8, 4) is 5.75 Å². The molecule has 2 N–H and O–H groups in total. The Morgan fingerprint density at radius 2 is 1.73 bits per heavy atom. The third-order valence-electron chi connectivity index (χ3n) is 4.25. The quantitative estimate of drug-likeness (QED) is 0.505. The minimum Gasteiger partial charge on any atom is -0.493 e. The van der Waals surface area contributed by atoms with Crippen LogP contribution in [-0.2, 0) is 14.8 Å². The molecule has 30 heavy (non-hydrogen) atoms. The Kier molecular flexibility index (Phi) is 7.03. The molecular weight excluding hydrogens is 402 g/mol. The molecule has 0 saturated carbocycles. The molecule has 0 saturated heterocycles. The first-order valence-electron chi connectivity index (χ1n) is 9.46. The van der Waals surface area contributed by atoms with Gasteiger partial charge in [0, 0.05) is 18.3 Å². The third-order valence-corrected chi connectivity index (χ3v) is 5.62. The zero-order valence-corrected chi connectivity index (χ0v) is 17.4. The molecule has 0 spiro atoms. The molecule has 0 unspecified atom stereocenters. The minimum atomic E-state index is -3.75. The van der Waals surface area contributed by atoms with Crippen LogP contribution in [0.15, 0.2) is 77.8 Å². The first-order valence-corrected chi connectivity index (χ1v) is 10.9. The van der Waals surface area contributed by atoms with Crippen molar-refractivity contribution in [3.63, 3.8) is 0 Å². The number of ether oxygens (including phenoxy) is 1. The summed E-state index contributed by atoms with van der Waals surface area (Å²) in [4.78, 5) is 16.1. The van der Waals surface area contributed by atoms with Crippen molar-refractivity contribution in [1.29, 1.82) is 0 Å². The normalized spacial score (nSPS) is 11.0. The molecular formula is C22H23N3O4S. The summed E-state index contributed by atoms with van der Waals surface area (Å²) in [6.07, 6.45) is 2.37. The van der Waals surface area contributed by atoms with E-state index in [4.69, 9.17) is 4.74 Å². The lowest BCUT2D eigenvalue weighted by atomic mass is 10.2. The Balaban J connectivity index is 1.47. The number of anilines is 2. The van der Waals surface area contributed by atoms with Crippen molar-refractivity contribution in [2.45, 2.75) is 24.7 Å². The van der Waals surface area contributed by atoms with Gasteiger partial charge in [0.2, 0.25) is 5.91 Å². The van der Waals surface area contributed by atoms with Crippen LogP contribution in [0.3, 0.4) is 0 Å². The predicted molar refractivity (Wildman–Crippen MR) is 116 cm³/mol. The molecule has 1 aromatic heterocycles. The minimum absolute atomic E-state index is 0.0813. The summed E-state index contributed by atoms with van der Waals surface area (Å²) >= 11 is 0. The maximum atomic E-state index is 12.4. The summed E-state index contributed by atoms with van der Waals surface area (Å²) < 4.78 is 32.9. The average molecular weight is 426 g/mol. The lowest BCUT2D eigenvalue weighted by molar-refractivity contribution is -0.116. The highest BCUT2D eigenvalue weighted by atomic mass is 32.2. The number of nitrogens with zero attached hydrogens (tertiary/aromatic N) is 1. The summed E-state index contributed by atoms with van der Waals surface area (Å²) in [6, 6.07) is 18.6. The lowest BCUT2D eigenvalue weighted by Gasteiger charge is -2.10. The van der Waals surface area contributed by atoms with Gasteiger partial charge in [-0.05, 0) is 61.4 Å². The van der Waals surface area contributed by atoms with Gasteiger partial charge >= 0.3 is 0 Å². The summed E-state index contributed by atoms with van der Waals surface area (Å²) in [6.45, 7) is 2.41. The van der Waals surface area contributed by atoms with Crippen molar-refractivity contribution in [2.24, 2.45) is 0 Å². The number of aryl methyl sites for hydroxylation is 1. The number of hydrogen-bond acceptors (Lipinski definition) is 5. The van der Waals surface area contributed by atoms with Crippen LogP contribution in [0.4, 0.5) is 11.5 Å². The zero-order valence-electron chi connectivity index (χ0n) is 16.5. The van der Waals surface area contributed by atoms with Gasteiger partial charge in [-0.1, -0.05) is 24.3 Å². The van der Waals surface area contributed by atoms with Crippen LogP contribution < -0.4 is 14.8 Å². The molecule has 0 radical (unpaired) electrons.